The fourth-order valence-corrected chi connectivity index (χ4v) is 6.21. The third-order valence-corrected chi connectivity index (χ3v) is 10.3. The fourth-order valence-electron chi connectivity index (χ4n) is 5.96. The van der Waals surface area contributed by atoms with Gasteiger partial charge in [-0.15, -0.1) is 0 Å². The summed E-state index contributed by atoms with van der Waals surface area (Å²) in [4.78, 5) is 73.0. The quantitative estimate of drug-likeness (QED) is 0.0164. The Kier molecular flexibility index (Phi) is 42.7. The number of nitrogens with zero attached hydrogens (tertiary/aromatic N) is 4. The molecule has 0 spiro atoms. The van der Waals surface area contributed by atoms with E-state index in [4.69, 9.17) is 51.1 Å². The molecule has 67 heavy (non-hydrogen) atoms. The monoisotopic (exact) mass is 1010 g/mol. The molecule has 4 atom stereocenters. The summed E-state index contributed by atoms with van der Waals surface area (Å²) in [6.07, 6.45) is -2.90. The molecule has 0 bridgehead atoms. The normalized spacial score (nSPS) is 13.3. The van der Waals surface area contributed by atoms with Gasteiger partial charge in [0.15, 0.2) is 25.2 Å². The number of nitrogens with one attached hydrogen (secondary N) is 2. The lowest BCUT2D eigenvalue weighted by Crippen LogP contribution is -2.46. The van der Waals surface area contributed by atoms with Crippen LogP contribution in [-0.2, 0) is 37.1 Å². The van der Waals surface area contributed by atoms with Gasteiger partial charge in [0.05, 0.1) is 12.5 Å². The zero-order valence-electron chi connectivity index (χ0n) is 38.8. The third kappa shape index (κ3) is 41.6. The minimum atomic E-state index is -1.60. The number of aliphatic carboxylic acids is 4. The second-order valence-corrected chi connectivity index (χ2v) is 16.1. The zero-order chi connectivity index (χ0) is 52.1. The Labute approximate surface area is 402 Å². The molecule has 0 saturated heterocycles. The summed E-state index contributed by atoms with van der Waals surface area (Å²) in [5.41, 5.74) is 0. The smallest absolute Gasteiger partial charge is 0.335 e. The molecule has 4 unspecified atom stereocenters. The van der Waals surface area contributed by atoms with E-state index in [9.17, 15) is 39.0 Å². The maximum Gasteiger partial charge on any atom is 0.335 e. The first-order valence-corrected chi connectivity index (χ1v) is 22.3. The number of aliphatic hydroxyl groups excluding tert-OH is 4. The van der Waals surface area contributed by atoms with E-state index >= 15 is 0 Å². The fraction of sp³-hybridized carbons (Fsp3) is 0.846. The van der Waals surface area contributed by atoms with E-state index < -0.39 is 85.1 Å². The van der Waals surface area contributed by atoms with Crippen molar-refractivity contribution in [2.75, 3.05) is 80.5 Å². The van der Waals surface area contributed by atoms with Gasteiger partial charge in [-0.3, -0.25) is 29.0 Å². The summed E-state index contributed by atoms with van der Waals surface area (Å²) in [5.74, 6) is -5.41. The molecule has 0 rings (SSSR count). The van der Waals surface area contributed by atoms with Gasteiger partial charge in [-0.1, -0.05) is 0 Å². The Morgan fingerprint density at radius 1 is 0.493 bits per heavy atom. The van der Waals surface area contributed by atoms with Crippen LogP contribution in [0.5, 0.6) is 0 Å². The first kappa shape index (κ1) is 68.2. The first-order valence-electron chi connectivity index (χ1n) is 21.6. The molecule has 26 nitrogen and oxygen atoms in total. The van der Waals surface area contributed by atoms with Crippen molar-refractivity contribution in [1.82, 2.24) is 30.2 Å². The molecule has 0 fully saturated rings. The number of thiol groups is 2. The summed E-state index contributed by atoms with van der Waals surface area (Å²) in [6, 6.07) is -3.07. The number of hydrogen-bond acceptors (Lipinski definition) is 24. The van der Waals surface area contributed by atoms with E-state index in [2.05, 4.69) is 44.8 Å². The van der Waals surface area contributed by atoms with E-state index in [0.717, 1.165) is 0 Å². The van der Waals surface area contributed by atoms with Crippen LogP contribution in [0, 0.1) is 0 Å². The molecule has 0 aliphatic rings. The van der Waals surface area contributed by atoms with Crippen molar-refractivity contribution in [3.8, 4) is 0 Å². The minimum Gasteiger partial charge on any atom is -0.481 e. The van der Waals surface area contributed by atoms with Gasteiger partial charge in [-0.05, 0) is 105 Å². The molecule has 28 heteroatoms. The van der Waals surface area contributed by atoms with Crippen LogP contribution >= 0.6 is 25.8 Å². The molecule has 0 amide bonds. The molecule has 14 N–H and O–H groups in total. The molecule has 396 valence electrons. The Hall–Kier alpha value is -3.04. The van der Waals surface area contributed by atoms with Gasteiger partial charge in [0.2, 0.25) is 0 Å². The van der Waals surface area contributed by atoms with Gasteiger partial charge in [-0.25, -0.2) is 9.59 Å². The number of carboxylic acids is 4. The predicted molar refractivity (Wildman–Crippen MR) is 245 cm³/mol. The van der Waals surface area contributed by atoms with Crippen molar-refractivity contribution < 1.29 is 98.4 Å². The molecular weight excluding hydrogens is 937 g/mol. The number of carboxylic acid groups (broad SMARTS) is 4. The van der Waals surface area contributed by atoms with Crippen LogP contribution in [0.4, 0.5) is 0 Å². The van der Waals surface area contributed by atoms with Crippen LogP contribution in [0.2, 0.25) is 0 Å². The van der Waals surface area contributed by atoms with Crippen LogP contribution < -0.4 is 10.6 Å². The molecule has 0 saturated carbocycles. The van der Waals surface area contributed by atoms with E-state index in [-0.39, 0.29) is 51.5 Å². The van der Waals surface area contributed by atoms with Crippen molar-refractivity contribution in [2.24, 2.45) is 0 Å². The lowest BCUT2D eigenvalue weighted by atomic mass is 10.1. The molecule has 0 aliphatic heterocycles. The topological polar surface area (TPSA) is 401 Å². The van der Waals surface area contributed by atoms with E-state index in [1.54, 1.807) is 23.9 Å². The summed E-state index contributed by atoms with van der Waals surface area (Å²) in [7, 11) is 7.03. The van der Waals surface area contributed by atoms with Crippen LogP contribution in [0.1, 0.15) is 83.5 Å². The number of carbonyl (C=O) groups excluding carboxylic acids is 2. The van der Waals surface area contributed by atoms with Gasteiger partial charge in [0.1, 0.15) is 18.1 Å². The van der Waals surface area contributed by atoms with E-state index in [1.807, 2.05) is 23.9 Å². The number of likely N-dealkylation sites (N-methyl/N-ethyl adjacent to an activating group) is 4. The highest BCUT2D eigenvalue weighted by molar-refractivity contribution is 7.75. The first-order chi connectivity index (χ1) is 31.3. The summed E-state index contributed by atoms with van der Waals surface area (Å²) in [5, 5.41) is 112. The van der Waals surface area contributed by atoms with Crippen LogP contribution in [0.3, 0.4) is 0 Å². The number of rotatable bonds is 38. The summed E-state index contributed by atoms with van der Waals surface area (Å²) >= 11 is 6.85. The van der Waals surface area contributed by atoms with Gasteiger partial charge in [-0.2, -0.15) is 0 Å². The van der Waals surface area contributed by atoms with Crippen molar-refractivity contribution in [1.29, 1.82) is 0 Å². The SMILES string of the molecule is CN(CCCC(O)O)CCN(C)C(CC(=O)O)C(=O)OS.CN(CCCC(O)O)CCNC(CCC(=O)O)C(=O)OS.CN(CCNC(CCCC(=O)O)C(=O)O)C(CCCC(O)O)C(O)O. The highest BCUT2D eigenvalue weighted by Gasteiger charge is 2.28. The van der Waals surface area contributed by atoms with Crippen LogP contribution in [0.25, 0.3) is 0 Å². The van der Waals surface area contributed by atoms with Crippen LogP contribution in [-0.4, -0.2) is 247 Å². The van der Waals surface area contributed by atoms with Crippen molar-refractivity contribution in [2.45, 2.75) is 133 Å². The van der Waals surface area contributed by atoms with Gasteiger partial charge in [0.25, 0.3) is 0 Å². The van der Waals surface area contributed by atoms with Crippen molar-refractivity contribution in [3.63, 3.8) is 0 Å². The maximum atomic E-state index is 11.5. The van der Waals surface area contributed by atoms with Gasteiger partial charge < -0.3 is 90.1 Å². The average molecular weight is 1020 g/mol. The highest BCUT2D eigenvalue weighted by atomic mass is 32.1. The highest BCUT2D eigenvalue weighted by Crippen LogP contribution is 2.12. The van der Waals surface area contributed by atoms with Gasteiger partial charge in [0, 0.05) is 77.9 Å². The Morgan fingerprint density at radius 3 is 1.42 bits per heavy atom. The molecule has 0 aromatic heterocycles. The lowest BCUT2D eigenvalue weighted by Gasteiger charge is -2.30. The molecule has 0 aliphatic carbocycles. The van der Waals surface area contributed by atoms with Gasteiger partial charge >= 0.3 is 35.8 Å². The standard InChI is InChI=1S/C15H30N2O8.2C12H24N2O6S/c1-17(11(15(24)25)5-3-7-13(20)21)9-8-16-10(14(22)23)4-2-6-12(18)19;1-13(5-3-4-10(15)16)6-7-14(2)9(8-11(17)18)12(19)20-21;1-14(7-2-3-10(15)16)8-6-13-9(12(19)20-21)4-5-11(17)18/h10-11,13,15-16,20-21,24-25H,2-9H2,1H3,(H,18,19)(H,22,23);9-10,15-16,21H,3-8H2,1-2H3,(H,17,18);9-10,13,15-16,21H,2-8H2,1H3,(H,17,18). The van der Waals surface area contributed by atoms with Crippen LogP contribution in [0.15, 0.2) is 0 Å². The lowest BCUT2D eigenvalue weighted by molar-refractivity contribution is -0.146. The second kappa shape index (κ2) is 41.9. The van der Waals surface area contributed by atoms with E-state index in [1.165, 1.54) is 0 Å². The average Bonchev–Trinajstić information content (AvgIpc) is 3.23. The molecule has 0 radical (unpaired) electrons. The Bertz CT molecular complexity index is 1340. The molecule has 0 aromatic carbocycles. The number of hydrogen-bond donors (Lipinski definition) is 16. The Balaban J connectivity index is -0.000000922. The second-order valence-electron chi connectivity index (χ2n) is 15.7. The molecular formula is C39H78N6O20S2. The third-order valence-electron chi connectivity index (χ3n) is 9.92. The number of aliphatic hydroxyl groups is 8. The minimum absolute atomic E-state index is 0.0964. The Morgan fingerprint density at radius 2 is 0.970 bits per heavy atom. The maximum absolute atomic E-state index is 11.5. The molecule has 0 aromatic rings. The predicted octanol–water partition coefficient (Wildman–Crippen LogP) is -3.23. The molecule has 0 heterocycles. The summed E-state index contributed by atoms with van der Waals surface area (Å²) in [6.45, 7) is 4.16. The number of carbonyl (C=O) groups is 6. The zero-order valence-corrected chi connectivity index (χ0v) is 40.6. The summed E-state index contributed by atoms with van der Waals surface area (Å²) < 4.78 is 8.64. The van der Waals surface area contributed by atoms with Crippen molar-refractivity contribution >= 4 is 61.6 Å². The van der Waals surface area contributed by atoms with E-state index in [0.29, 0.717) is 84.3 Å². The largest absolute Gasteiger partial charge is 0.481 e. The van der Waals surface area contributed by atoms with Crippen molar-refractivity contribution in [3.05, 3.63) is 0 Å².